The molecule has 0 amide bonds. The van der Waals surface area contributed by atoms with E-state index in [1.807, 2.05) is 12.1 Å². The number of aliphatic hydroxyl groups is 1. The Balaban J connectivity index is 2.01. The molecule has 1 fully saturated rings. The van der Waals surface area contributed by atoms with E-state index in [1.165, 1.54) is 18.4 Å². The van der Waals surface area contributed by atoms with Gasteiger partial charge < -0.3 is 5.11 Å². The van der Waals surface area contributed by atoms with Crippen molar-refractivity contribution in [3.63, 3.8) is 0 Å². The van der Waals surface area contributed by atoms with Crippen LogP contribution in [0.5, 0.6) is 0 Å². The molecule has 0 aliphatic carbocycles. The van der Waals surface area contributed by atoms with Crippen LogP contribution in [0, 0.1) is 0 Å². The molecule has 1 N–H and O–H groups in total. The Morgan fingerprint density at radius 2 is 2.28 bits per heavy atom. The maximum atomic E-state index is 8.94. The standard InChI is InChI=1S/C14H19BrClNO/c15-12-5-6-14(16)11(9-12)10-17-7-1-3-13(17)4-2-8-18/h5-6,9,13,18H,1-4,7-8,10H2. The number of nitrogens with zero attached hydrogens (tertiary/aromatic N) is 1. The largest absolute Gasteiger partial charge is 0.396 e. The van der Waals surface area contributed by atoms with E-state index >= 15 is 0 Å². The van der Waals surface area contributed by atoms with Crippen LogP contribution in [0.1, 0.15) is 31.2 Å². The summed E-state index contributed by atoms with van der Waals surface area (Å²) < 4.78 is 1.08. The maximum absolute atomic E-state index is 8.94. The first kappa shape index (κ1) is 14.3. The Bertz CT molecular complexity index is 399. The zero-order valence-electron chi connectivity index (χ0n) is 10.4. The first-order chi connectivity index (χ1) is 8.70. The highest BCUT2D eigenvalue weighted by molar-refractivity contribution is 9.10. The zero-order valence-corrected chi connectivity index (χ0v) is 12.8. The van der Waals surface area contributed by atoms with Gasteiger partial charge in [0.1, 0.15) is 0 Å². The molecule has 0 bridgehead atoms. The highest BCUT2D eigenvalue weighted by Crippen LogP contribution is 2.27. The van der Waals surface area contributed by atoms with Crippen molar-refractivity contribution in [1.82, 2.24) is 4.90 Å². The van der Waals surface area contributed by atoms with Gasteiger partial charge in [-0.2, -0.15) is 0 Å². The quantitative estimate of drug-likeness (QED) is 0.885. The van der Waals surface area contributed by atoms with Crippen LogP contribution in [-0.4, -0.2) is 29.2 Å². The van der Waals surface area contributed by atoms with Crippen LogP contribution in [0.2, 0.25) is 5.02 Å². The lowest BCUT2D eigenvalue weighted by molar-refractivity contribution is 0.210. The van der Waals surface area contributed by atoms with Gasteiger partial charge in [-0.1, -0.05) is 27.5 Å². The molecule has 1 aliphatic heterocycles. The van der Waals surface area contributed by atoms with Crippen LogP contribution < -0.4 is 0 Å². The fraction of sp³-hybridized carbons (Fsp3) is 0.571. The second-order valence-electron chi connectivity index (χ2n) is 4.87. The molecular formula is C14H19BrClNO. The summed E-state index contributed by atoms with van der Waals surface area (Å²) in [5.74, 6) is 0. The number of hydrogen-bond donors (Lipinski definition) is 1. The fourth-order valence-electron chi connectivity index (χ4n) is 2.64. The molecule has 1 saturated heterocycles. The van der Waals surface area contributed by atoms with E-state index in [9.17, 15) is 0 Å². The van der Waals surface area contributed by atoms with Crippen LogP contribution in [0.4, 0.5) is 0 Å². The molecule has 2 nitrogen and oxygen atoms in total. The Morgan fingerprint density at radius 1 is 1.44 bits per heavy atom. The number of aliphatic hydroxyl groups excluding tert-OH is 1. The van der Waals surface area contributed by atoms with Gasteiger partial charge in [-0.05, 0) is 56.0 Å². The first-order valence-electron chi connectivity index (χ1n) is 6.49. The van der Waals surface area contributed by atoms with Crippen molar-refractivity contribution in [1.29, 1.82) is 0 Å². The Hall–Kier alpha value is -0.0900. The van der Waals surface area contributed by atoms with E-state index in [0.29, 0.717) is 12.6 Å². The second-order valence-corrected chi connectivity index (χ2v) is 6.19. The molecule has 4 heteroatoms. The minimum absolute atomic E-state index is 0.294. The normalized spacial score (nSPS) is 20.5. The Kier molecular flexibility index (Phi) is 5.49. The molecule has 1 aromatic rings. The smallest absolute Gasteiger partial charge is 0.0451 e. The summed E-state index contributed by atoms with van der Waals surface area (Å²) in [5.41, 5.74) is 1.18. The van der Waals surface area contributed by atoms with Crippen molar-refractivity contribution in [2.45, 2.75) is 38.3 Å². The van der Waals surface area contributed by atoms with Crippen molar-refractivity contribution < 1.29 is 5.11 Å². The lowest BCUT2D eigenvalue weighted by Gasteiger charge is -2.24. The first-order valence-corrected chi connectivity index (χ1v) is 7.66. The summed E-state index contributed by atoms with van der Waals surface area (Å²) >= 11 is 9.73. The Labute approximate surface area is 122 Å². The molecule has 1 aromatic carbocycles. The monoisotopic (exact) mass is 331 g/mol. The van der Waals surface area contributed by atoms with E-state index in [0.717, 1.165) is 35.4 Å². The molecule has 0 spiro atoms. The number of halogens is 2. The number of hydrogen-bond acceptors (Lipinski definition) is 2. The molecule has 0 radical (unpaired) electrons. The van der Waals surface area contributed by atoms with E-state index in [1.54, 1.807) is 0 Å². The van der Waals surface area contributed by atoms with Crippen molar-refractivity contribution in [3.8, 4) is 0 Å². The summed E-state index contributed by atoms with van der Waals surface area (Å²) in [5, 5.41) is 9.78. The average Bonchev–Trinajstić information content (AvgIpc) is 2.79. The zero-order chi connectivity index (χ0) is 13.0. The van der Waals surface area contributed by atoms with Gasteiger partial charge >= 0.3 is 0 Å². The third kappa shape index (κ3) is 3.70. The predicted octanol–water partition coefficient (Wildman–Crippen LogP) is 3.84. The summed E-state index contributed by atoms with van der Waals surface area (Å²) in [6.07, 6.45) is 4.48. The molecule has 2 rings (SSSR count). The van der Waals surface area contributed by atoms with Crippen LogP contribution in [-0.2, 0) is 6.54 Å². The molecule has 100 valence electrons. The van der Waals surface area contributed by atoms with Gasteiger partial charge in [0.2, 0.25) is 0 Å². The average molecular weight is 333 g/mol. The third-order valence-electron chi connectivity index (χ3n) is 3.58. The van der Waals surface area contributed by atoms with Crippen LogP contribution in [0.15, 0.2) is 22.7 Å². The lowest BCUT2D eigenvalue weighted by atomic mass is 10.1. The number of rotatable bonds is 5. The van der Waals surface area contributed by atoms with Crippen LogP contribution in [0.25, 0.3) is 0 Å². The van der Waals surface area contributed by atoms with E-state index in [2.05, 4.69) is 26.9 Å². The van der Waals surface area contributed by atoms with Gasteiger partial charge in [-0.3, -0.25) is 4.90 Å². The van der Waals surface area contributed by atoms with Crippen LogP contribution in [0.3, 0.4) is 0 Å². The van der Waals surface area contributed by atoms with E-state index < -0.39 is 0 Å². The third-order valence-corrected chi connectivity index (χ3v) is 4.44. The molecule has 1 atom stereocenters. The molecule has 1 heterocycles. The fourth-order valence-corrected chi connectivity index (χ4v) is 3.23. The topological polar surface area (TPSA) is 23.5 Å². The molecular weight excluding hydrogens is 314 g/mol. The van der Waals surface area contributed by atoms with Crippen LogP contribution >= 0.6 is 27.5 Å². The minimum Gasteiger partial charge on any atom is -0.396 e. The highest BCUT2D eigenvalue weighted by Gasteiger charge is 2.24. The molecule has 18 heavy (non-hydrogen) atoms. The molecule has 1 unspecified atom stereocenters. The summed E-state index contributed by atoms with van der Waals surface area (Å²) in [7, 11) is 0. The van der Waals surface area contributed by atoms with Crippen molar-refractivity contribution in [2.75, 3.05) is 13.2 Å². The molecule has 1 aliphatic rings. The van der Waals surface area contributed by atoms with Gasteiger partial charge in [0.05, 0.1) is 0 Å². The van der Waals surface area contributed by atoms with Crippen molar-refractivity contribution >= 4 is 27.5 Å². The SMILES string of the molecule is OCCCC1CCCN1Cc1cc(Br)ccc1Cl. The second kappa shape index (κ2) is 6.90. The lowest BCUT2D eigenvalue weighted by Crippen LogP contribution is -2.29. The summed E-state index contributed by atoms with van der Waals surface area (Å²) in [6, 6.07) is 6.62. The Morgan fingerprint density at radius 3 is 3.06 bits per heavy atom. The van der Waals surface area contributed by atoms with E-state index in [-0.39, 0.29) is 0 Å². The van der Waals surface area contributed by atoms with Crippen molar-refractivity contribution in [2.24, 2.45) is 0 Å². The van der Waals surface area contributed by atoms with Crippen molar-refractivity contribution in [3.05, 3.63) is 33.3 Å². The van der Waals surface area contributed by atoms with Gasteiger partial charge in [0.25, 0.3) is 0 Å². The number of likely N-dealkylation sites (tertiary alicyclic amines) is 1. The van der Waals surface area contributed by atoms with Gasteiger partial charge in [-0.25, -0.2) is 0 Å². The van der Waals surface area contributed by atoms with Gasteiger partial charge in [0.15, 0.2) is 0 Å². The van der Waals surface area contributed by atoms with Gasteiger partial charge in [-0.15, -0.1) is 0 Å². The molecule has 0 aromatic heterocycles. The number of benzene rings is 1. The minimum atomic E-state index is 0.294. The highest BCUT2D eigenvalue weighted by atomic mass is 79.9. The van der Waals surface area contributed by atoms with E-state index in [4.69, 9.17) is 16.7 Å². The maximum Gasteiger partial charge on any atom is 0.0451 e. The molecule has 0 saturated carbocycles. The predicted molar refractivity (Wildman–Crippen MR) is 78.9 cm³/mol. The summed E-state index contributed by atoms with van der Waals surface area (Å²) in [6.45, 7) is 2.34. The van der Waals surface area contributed by atoms with Gasteiger partial charge in [0, 0.05) is 28.7 Å². The summed E-state index contributed by atoms with van der Waals surface area (Å²) in [4.78, 5) is 2.49.